The first-order valence-corrected chi connectivity index (χ1v) is 6.24. The molecule has 0 aliphatic heterocycles. The number of nitrogens with one attached hydrogen (secondary N) is 1. The van der Waals surface area contributed by atoms with Crippen LogP contribution in [0, 0.1) is 6.92 Å². The van der Waals surface area contributed by atoms with Crippen LogP contribution in [0.2, 0.25) is 5.02 Å². The maximum atomic E-state index is 11.8. The van der Waals surface area contributed by atoms with Crippen molar-refractivity contribution in [2.45, 2.75) is 25.8 Å². The van der Waals surface area contributed by atoms with Crippen LogP contribution in [0.1, 0.15) is 18.4 Å². The summed E-state index contributed by atoms with van der Waals surface area (Å²) < 4.78 is 4.91. The average Bonchev–Trinajstić information content (AvgIpc) is 2.32. The number of nitrogens with two attached hydrogens (primary N) is 1. The largest absolute Gasteiger partial charge is 0.385 e. The van der Waals surface area contributed by atoms with E-state index < -0.39 is 6.04 Å². The molecular weight excluding hydrogens is 252 g/mol. The zero-order valence-corrected chi connectivity index (χ0v) is 11.5. The predicted molar refractivity (Wildman–Crippen MR) is 73.9 cm³/mol. The van der Waals surface area contributed by atoms with Gasteiger partial charge in [-0.25, -0.2) is 0 Å². The minimum atomic E-state index is -0.544. The van der Waals surface area contributed by atoms with Crippen molar-refractivity contribution in [1.82, 2.24) is 0 Å². The van der Waals surface area contributed by atoms with E-state index in [-0.39, 0.29) is 5.91 Å². The highest BCUT2D eigenvalue weighted by Crippen LogP contribution is 2.22. The molecule has 1 amide bonds. The number of carbonyl (C=O) groups is 1. The normalized spacial score (nSPS) is 12.2. The Balaban J connectivity index is 2.53. The van der Waals surface area contributed by atoms with E-state index in [1.54, 1.807) is 19.2 Å². The van der Waals surface area contributed by atoms with Crippen LogP contribution in [0.25, 0.3) is 0 Å². The first kappa shape index (κ1) is 15.0. The molecule has 18 heavy (non-hydrogen) atoms. The summed E-state index contributed by atoms with van der Waals surface area (Å²) in [4.78, 5) is 11.8. The van der Waals surface area contributed by atoms with E-state index in [1.807, 2.05) is 13.0 Å². The smallest absolute Gasteiger partial charge is 0.241 e. The van der Waals surface area contributed by atoms with Crippen molar-refractivity contribution >= 4 is 23.2 Å². The zero-order valence-electron chi connectivity index (χ0n) is 10.7. The summed E-state index contributed by atoms with van der Waals surface area (Å²) in [6, 6.07) is 4.92. The quantitative estimate of drug-likeness (QED) is 0.780. The van der Waals surface area contributed by atoms with Gasteiger partial charge in [0.25, 0.3) is 0 Å². The summed E-state index contributed by atoms with van der Waals surface area (Å²) >= 11 is 6.03. The Morgan fingerprint density at radius 2 is 2.28 bits per heavy atom. The molecule has 0 bridgehead atoms. The Hall–Kier alpha value is -1.10. The average molecular weight is 271 g/mol. The summed E-state index contributed by atoms with van der Waals surface area (Å²) in [5.74, 6) is -0.225. The highest BCUT2D eigenvalue weighted by atomic mass is 35.5. The van der Waals surface area contributed by atoms with Crippen molar-refractivity contribution in [3.8, 4) is 0 Å². The molecule has 0 spiro atoms. The van der Waals surface area contributed by atoms with Gasteiger partial charge in [0.2, 0.25) is 5.91 Å². The van der Waals surface area contributed by atoms with Crippen LogP contribution in [-0.2, 0) is 9.53 Å². The lowest BCUT2D eigenvalue weighted by Gasteiger charge is -2.13. The Labute approximate surface area is 112 Å². The highest BCUT2D eigenvalue weighted by Gasteiger charge is 2.14. The van der Waals surface area contributed by atoms with Crippen molar-refractivity contribution in [2.75, 3.05) is 19.0 Å². The minimum absolute atomic E-state index is 0.225. The summed E-state index contributed by atoms with van der Waals surface area (Å²) in [7, 11) is 1.62. The van der Waals surface area contributed by atoms with Gasteiger partial charge in [0.15, 0.2) is 0 Å². The summed E-state index contributed by atoms with van der Waals surface area (Å²) in [6.45, 7) is 2.54. The van der Waals surface area contributed by atoms with Gasteiger partial charge in [-0.1, -0.05) is 17.7 Å². The van der Waals surface area contributed by atoms with Crippen molar-refractivity contribution < 1.29 is 9.53 Å². The number of methoxy groups -OCH3 is 1. The molecule has 1 unspecified atom stereocenters. The number of carbonyl (C=O) groups excluding carboxylic acids is 1. The molecule has 1 aromatic rings. The maximum Gasteiger partial charge on any atom is 0.241 e. The van der Waals surface area contributed by atoms with Gasteiger partial charge in [0.1, 0.15) is 0 Å². The fourth-order valence-corrected chi connectivity index (χ4v) is 1.81. The lowest BCUT2D eigenvalue weighted by molar-refractivity contribution is -0.117. The number of anilines is 1. The van der Waals surface area contributed by atoms with Gasteiger partial charge in [0, 0.05) is 13.7 Å². The Morgan fingerprint density at radius 3 is 2.89 bits per heavy atom. The van der Waals surface area contributed by atoms with Gasteiger partial charge in [-0.15, -0.1) is 0 Å². The van der Waals surface area contributed by atoms with Gasteiger partial charge < -0.3 is 15.8 Å². The molecule has 1 atom stereocenters. The predicted octanol–water partition coefficient (Wildman–Crippen LogP) is 2.34. The molecule has 0 saturated carbocycles. The number of halogens is 1. The van der Waals surface area contributed by atoms with Crippen LogP contribution >= 0.6 is 11.6 Å². The third-order valence-corrected chi connectivity index (χ3v) is 2.90. The SMILES string of the molecule is COCCCC(N)C(=O)Nc1ccc(C)cc1Cl. The van der Waals surface area contributed by atoms with E-state index in [2.05, 4.69) is 5.32 Å². The number of aryl methyl sites for hydroxylation is 1. The Bertz CT molecular complexity index is 410. The first-order chi connectivity index (χ1) is 8.54. The van der Waals surface area contributed by atoms with Crippen LogP contribution in [0.3, 0.4) is 0 Å². The summed E-state index contributed by atoms with van der Waals surface area (Å²) in [5.41, 5.74) is 7.41. The third kappa shape index (κ3) is 4.64. The minimum Gasteiger partial charge on any atom is -0.385 e. The fraction of sp³-hybridized carbons (Fsp3) is 0.462. The number of amides is 1. The van der Waals surface area contributed by atoms with E-state index >= 15 is 0 Å². The van der Waals surface area contributed by atoms with Gasteiger partial charge in [0.05, 0.1) is 16.8 Å². The number of rotatable bonds is 6. The lowest BCUT2D eigenvalue weighted by Crippen LogP contribution is -2.35. The molecular formula is C13H19ClN2O2. The molecule has 3 N–H and O–H groups in total. The fourth-order valence-electron chi connectivity index (χ4n) is 1.53. The van der Waals surface area contributed by atoms with Gasteiger partial charge in [-0.3, -0.25) is 4.79 Å². The third-order valence-electron chi connectivity index (χ3n) is 2.58. The number of hydrogen-bond acceptors (Lipinski definition) is 3. The van der Waals surface area contributed by atoms with E-state index in [9.17, 15) is 4.79 Å². The molecule has 1 rings (SSSR count). The van der Waals surface area contributed by atoms with E-state index in [1.165, 1.54) is 0 Å². The molecule has 0 aliphatic rings. The number of ether oxygens (including phenoxy) is 1. The number of hydrogen-bond donors (Lipinski definition) is 2. The highest BCUT2D eigenvalue weighted by molar-refractivity contribution is 6.33. The summed E-state index contributed by atoms with van der Waals surface area (Å²) in [6.07, 6.45) is 1.34. The monoisotopic (exact) mass is 270 g/mol. The van der Waals surface area contributed by atoms with Gasteiger partial charge >= 0.3 is 0 Å². The van der Waals surface area contributed by atoms with Crippen LogP contribution in [0.5, 0.6) is 0 Å². The molecule has 100 valence electrons. The van der Waals surface area contributed by atoms with Crippen LogP contribution in [-0.4, -0.2) is 25.7 Å². The van der Waals surface area contributed by atoms with Crippen molar-refractivity contribution in [1.29, 1.82) is 0 Å². The van der Waals surface area contributed by atoms with Gasteiger partial charge in [-0.2, -0.15) is 0 Å². The second-order valence-electron chi connectivity index (χ2n) is 4.21. The first-order valence-electron chi connectivity index (χ1n) is 5.86. The topological polar surface area (TPSA) is 64.3 Å². The van der Waals surface area contributed by atoms with Crippen LogP contribution in [0.15, 0.2) is 18.2 Å². The molecule has 5 heteroatoms. The van der Waals surface area contributed by atoms with Gasteiger partial charge in [-0.05, 0) is 37.5 Å². The van der Waals surface area contributed by atoms with E-state index in [0.29, 0.717) is 23.7 Å². The maximum absolute atomic E-state index is 11.8. The molecule has 0 aromatic heterocycles. The molecule has 0 radical (unpaired) electrons. The molecule has 0 fully saturated rings. The van der Waals surface area contributed by atoms with E-state index in [0.717, 1.165) is 12.0 Å². The summed E-state index contributed by atoms with van der Waals surface area (Å²) in [5, 5.41) is 3.25. The Morgan fingerprint density at radius 1 is 1.56 bits per heavy atom. The zero-order chi connectivity index (χ0) is 13.5. The second kappa shape index (κ2) is 7.36. The second-order valence-corrected chi connectivity index (χ2v) is 4.62. The lowest BCUT2D eigenvalue weighted by atomic mass is 10.1. The molecule has 0 heterocycles. The van der Waals surface area contributed by atoms with Crippen LogP contribution < -0.4 is 11.1 Å². The van der Waals surface area contributed by atoms with Crippen molar-refractivity contribution in [3.63, 3.8) is 0 Å². The number of benzene rings is 1. The molecule has 4 nitrogen and oxygen atoms in total. The molecule has 1 aromatic carbocycles. The Kier molecular flexibility index (Phi) is 6.12. The van der Waals surface area contributed by atoms with Crippen LogP contribution in [0.4, 0.5) is 5.69 Å². The van der Waals surface area contributed by atoms with Crippen molar-refractivity contribution in [2.24, 2.45) is 5.73 Å². The molecule has 0 saturated heterocycles. The standard InChI is InChI=1S/C13H19ClN2O2/c1-9-5-6-12(10(14)8-9)16-13(17)11(15)4-3-7-18-2/h5-6,8,11H,3-4,7,15H2,1-2H3,(H,16,17). The molecule has 0 aliphatic carbocycles. The van der Waals surface area contributed by atoms with E-state index in [4.69, 9.17) is 22.1 Å². The van der Waals surface area contributed by atoms with Crippen molar-refractivity contribution in [3.05, 3.63) is 28.8 Å².